The zero-order valence-corrected chi connectivity index (χ0v) is 28.1. The first-order valence-electron chi connectivity index (χ1n) is 17.9. The van der Waals surface area contributed by atoms with Gasteiger partial charge < -0.3 is 4.57 Å². The summed E-state index contributed by atoms with van der Waals surface area (Å²) < 4.78 is 4.75. The van der Waals surface area contributed by atoms with Crippen molar-refractivity contribution in [2.24, 2.45) is 0 Å². The second-order valence-corrected chi connectivity index (χ2v) is 13.9. The third kappa shape index (κ3) is 3.72. The highest BCUT2D eigenvalue weighted by atomic mass is 15.1. The molecular weight excluding hydrogens is 631 g/mol. The SMILES string of the molecule is c1ccc(-n2c3ccc(-c4ccc5c(c4)c4ccccc4n5-c4cc5cccc6c5c(n4)-c4ccccc4-6)cc3c3c4ccccc4ccc32)cc1. The number of rotatable bonds is 3. The van der Waals surface area contributed by atoms with Crippen LogP contribution in [0, 0.1) is 0 Å². The molecule has 240 valence electrons. The number of para-hydroxylation sites is 2. The van der Waals surface area contributed by atoms with Crippen LogP contribution >= 0.6 is 0 Å². The topological polar surface area (TPSA) is 22.8 Å². The number of hydrogen-bond acceptors (Lipinski definition) is 1. The molecule has 0 spiro atoms. The van der Waals surface area contributed by atoms with Gasteiger partial charge in [-0.15, -0.1) is 0 Å². The Morgan fingerprint density at radius 3 is 1.85 bits per heavy atom. The molecule has 0 saturated heterocycles. The summed E-state index contributed by atoms with van der Waals surface area (Å²) in [5.74, 6) is 0.942. The van der Waals surface area contributed by atoms with Gasteiger partial charge in [-0.25, -0.2) is 4.98 Å². The molecule has 1 aliphatic rings. The van der Waals surface area contributed by atoms with Gasteiger partial charge in [-0.05, 0) is 93.0 Å². The quantitative estimate of drug-likeness (QED) is 0.185. The second kappa shape index (κ2) is 10.3. The maximum Gasteiger partial charge on any atom is 0.138 e. The Hall–Kier alpha value is -6.97. The summed E-state index contributed by atoms with van der Waals surface area (Å²) in [6, 6.07) is 64.2. The standard InChI is InChI=1S/C49H29N3/c1-2-13-34(14-3-1)51-44-25-23-32(28-41(44)48-35-15-5-4-11-30(35)21-26-45(48)51)31-22-24-43-40(27-31)37-17-8-9-20-42(37)52(43)46-29-33-12-10-19-38-36-16-6-7-18-39(36)49(50-46)47(33)38/h1-29H. The fourth-order valence-electron chi connectivity index (χ4n) is 8.98. The molecule has 0 bridgehead atoms. The van der Waals surface area contributed by atoms with Gasteiger partial charge >= 0.3 is 0 Å². The lowest BCUT2D eigenvalue weighted by Crippen LogP contribution is -1.98. The molecule has 3 nitrogen and oxygen atoms in total. The summed E-state index contributed by atoms with van der Waals surface area (Å²) in [4.78, 5) is 5.41. The van der Waals surface area contributed by atoms with Gasteiger partial charge in [0.1, 0.15) is 5.82 Å². The normalized spacial score (nSPS) is 12.2. The molecule has 0 fully saturated rings. The van der Waals surface area contributed by atoms with Crippen molar-refractivity contribution in [3.05, 3.63) is 176 Å². The highest BCUT2D eigenvalue weighted by Crippen LogP contribution is 2.47. The molecule has 0 N–H and O–H groups in total. The van der Waals surface area contributed by atoms with Gasteiger partial charge in [0.15, 0.2) is 0 Å². The summed E-state index contributed by atoms with van der Waals surface area (Å²) in [5.41, 5.74) is 13.1. The van der Waals surface area contributed by atoms with Crippen molar-refractivity contribution in [1.82, 2.24) is 14.1 Å². The Balaban J connectivity index is 1.09. The highest BCUT2D eigenvalue weighted by Gasteiger charge is 2.24. The summed E-state index contributed by atoms with van der Waals surface area (Å²) in [6.07, 6.45) is 0. The lowest BCUT2D eigenvalue weighted by molar-refractivity contribution is 1.09. The lowest BCUT2D eigenvalue weighted by atomic mass is 9.99. The molecular formula is C49H29N3. The molecule has 3 heterocycles. The first-order valence-corrected chi connectivity index (χ1v) is 17.9. The molecule has 0 radical (unpaired) electrons. The molecule has 0 unspecified atom stereocenters. The number of nitrogens with zero attached hydrogens (tertiary/aromatic N) is 3. The highest BCUT2D eigenvalue weighted by molar-refractivity contribution is 6.22. The fourth-order valence-corrected chi connectivity index (χ4v) is 8.98. The zero-order chi connectivity index (χ0) is 33.9. The third-order valence-electron chi connectivity index (χ3n) is 11.2. The van der Waals surface area contributed by atoms with E-state index < -0.39 is 0 Å². The van der Waals surface area contributed by atoms with E-state index in [9.17, 15) is 0 Å². The zero-order valence-electron chi connectivity index (χ0n) is 28.1. The van der Waals surface area contributed by atoms with E-state index in [2.05, 4.69) is 185 Å². The second-order valence-electron chi connectivity index (χ2n) is 13.9. The third-order valence-corrected chi connectivity index (χ3v) is 11.2. The van der Waals surface area contributed by atoms with Crippen LogP contribution in [-0.2, 0) is 0 Å². The Labute approximate surface area is 299 Å². The van der Waals surface area contributed by atoms with Gasteiger partial charge in [0.2, 0.25) is 0 Å². The summed E-state index contributed by atoms with van der Waals surface area (Å²) in [5, 5.41) is 9.97. The van der Waals surface area contributed by atoms with E-state index in [1.807, 2.05) is 0 Å². The molecule has 0 amide bonds. The minimum atomic E-state index is 0.942. The first-order chi connectivity index (χ1) is 25.8. The van der Waals surface area contributed by atoms with Crippen LogP contribution in [0.3, 0.4) is 0 Å². The van der Waals surface area contributed by atoms with Crippen LogP contribution in [0.1, 0.15) is 0 Å². The number of aromatic nitrogens is 3. The van der Waals surface area contributed by atoms with Gasteiger partial charge in [-0.2, -0.15) is 0 Å². The van der Waals surface area contributed by atoms with Crippen molar-refractivity contribution in [2.45, 2.75) is 0 Å². The molecule has 12 rings (SSSR count). The maximum atomic E-state index is 5.41. The van der Waals surface area contributed by atoms with E-state index in [1.165, 1.54) is 87.6 Å². The number of benzene rings is 8. The lowest BCUT2D eigenvalue weighted by Gasteiger charge is -2.11. The Morgan fingerprint density at radius 2 is 0.981 bits per heavy atom. The van der Waals surface area contributed by atoms with Crippen LogP contribution < -0.4 is 0 Å². The Bertz CT molecular complexity index is 3290. The maximum absolute atomic E-state index is 5.41. The van der Waals surface area contributed by atoms with Crippen LogP contribution in [0.5, 0.6) is 0 Å². The van der Waals surface area contributed by atoms with Crippen molar-refractivity contribution in [1.29, 1.82) is 0 Å². The van der Waals surface area contributed by atoms with Crippen molar-refractivity contribution >= 4 is 65.2 Å². The summed E-state index contributed by atoms with van der Waals surface area (Å²) in [6.45, 7) is 0. The van der Waals surface area contributed by atoms with Crippen molar-refractivity contribution in [2.75, 3.05) is 0 Å². The first kappa shape index (κ1) is 27.8. The average molecular weight is 660 g/mol. The van der Waals surface area contributed by atoms with E-state index in [-0.39, 0.29) is 0 Å². The van der Waals surface area contributed by atoms with Crippen LogP contribution in [0.2, 0.25) is 0 Å². The summed E-state index contributed by atoms with van der Waals surface area (Å²) in [7, 11) is 0. The van der Waals surface area contributed by atoms with E-state index >= 15 is 0 Å². The van der Waals surface area contributed by atoms with Crippen LogP contribution in [0.25, 0.3) is 110 Å². The van der Waals surface area contributed by atoms with Gasteiger partial charge in [-0.1, -0.05) is 121 Å². The molecule has 0 aliphatic heterocycles. The molecule has 3 aromatic heterocycles. The molecule has 1 aliphatic carbocycles. The fraction of sp³-hybridized carbons (Fsp3) is 0. The predicted molar refractivity (Wildman–Crippen MR) is 218 cm³/mol. The molecule has 0 saturated carbocycles. The van der Waals surface area contributed by atoms with Crippen LogP contribution in [0.15, 0.2) is 176 Å². The number of pyridine rings is 1. The van der Waals surface area contributed by atoms with E-state index in [1.54, 1.807) is 0 Å². The van der Waals surface area contributed by atoms with Crippen molar-refractivity contribution in [3.63, 3.8) is 0 Å². The van der Waals surface area contributed by atoms with E-state index in [4.69, 9.17) is 4.98 Å². The predicted octanol–water partition coefficient (Wildman–Crippen LogP) is 12.9. The molecule has 52 heavy (non-hydrogen) atoms. The van der Waals surface area contributed by atoms with Gasteiger partial charge in [0.25, 0.3) is 0 Å². The number of hydrogen-bond donors (Lipinski definition) is 0. The molecule has 8 aromatic carbocycles. The smallest absolute Gasteiger partial charge is 0.138 e. The van der Waals surface area contributed by atoms with Crippen molar-refractivity contribution < 1.29 is 0 Å². The number of fused-ring (bicyclic) bond motifs is 11. The van der Waals surface area contributed by atoms with E-state index in [0.717, 1.165) is 22.5 Å². The van der Waals surface area contributed by atoms with E-state index in [0.29, 0.717) is 0 Å². The van der Waals surface area contributed by atoms with Crippen LogP contribution in [-0.4, -0.2) is 14.1 Å². The average Bonchev–Trinajstić information content (AvgIpc) is 3.84. The Morgan fingerprint density at radius 1 is 0.346 bits per heavy atom. The minimum absolute atomic E-state index is 0.942. The molecule has 3 heteroatoms. The van der Waals surface area contributed by atoms with Gasteiger partial charge in [0.05, 0.1) is 27.8 Å². The summed E-state index contributed by atoms with van der Waals surface area (Å²) >= 11 is 0. The monoisotopic (exact) mass is 659 g/mol. The van der Waals surface area contributed by atoms with Gasteiger partial charge in [0, 0.05) is 38.2 Å². The molecule has 0 atom stereocenters. The van der Waals surface area contributed by atoms with Crippen molar-refractivity contribution in [3.8, 4) is 45.0 Å². The minimum Gasteiger partial charge on any atom is -0.309 e. The van der Waals surface area contributed by atoms with Gasteiger partial charge in [-0.3, -0.25) is 4.57 Å². The largest absolute Gasteiger partial charge is 0.309 e. The molecule has 11 aromatic rings. The van der Waals surface area contributed by atoms with Crippen LogP contribution in [0.4, 0.5) is 0 Å². The Kier molecular flexibility index (Phi) is 5.50.